The van der Waals surface area contributed by atoms with Crippen molar-refractivity contribution in [3.63, 3.8) is 0 Å². The van der Waals surface area contributed by atoms with Crippen LogP contribution in [0.25, 0.3) is 0 Å². The van der Waals surface area contributed by atoms with Gasteiger partial charge in [-0.1, -0.05) is 33.8 Å². The van der Waals surface area contributed by atoms with Crippen LogP contribution in [-0.2, 0) is 4.79 Å². The van der Waals surface area contributed by atoms with E-state index in [1.54, 1.807) is 26.0 Å². The molecule has 7 nitrogen and oxygen atoms in total. The average Bonchev–Trinajstić information content (AvgIpc) is 2.76. The predicted octanol–water partition coefficient (Wildman–Crippen LogP) is 6.28. The van der Waals surface area contributed by atoms with Crippen LogP contribution in [0.15, 0.2) is 42.5 Å². The molecule has 2 aromatic carbocycles. The van der Waals surface area contributed by atoms with Gasteiger partial charge in [0.05, 0.1) is 6.42 Å². The lowest BCUT2D eigenvalue weighted by molar-refractivity contribution is -0.138. The first-order valence-electron chi connectivity index (χ1n) is 12.2. The number of carbonyl (C=O) groups is 2. The van der Waals surface area contributed by atoms with E-state index in [0.717, 1.165) is 23.4 Å². The Kier molecular flexibility index (Phi) is 9.62. The molecule has 0 radical (unpaired) electrons. The fourth-order valence-electron chi connectivity index (χ4n) is 4.30. The average molecular weight is 499 g/mol. The van der Waals surface area contributed by atoms with E-state index < -0.39 is 17.5 Å². The third kappa shape index (κ3) is 8.66. The molecule has 0 spiro atoms. The monoisotopic (exact) mass is 498 g/mol. The van der Waals surface area contributed by atoms with Crippen molar-refractivity contribution in [3.05, 3.63) is 59.4 Å². The van der Waals surface area contributed by atoms with E-state index in [-0.39, 0.29) is 23.6 Å². The summed E-state index contributed by atoms with van der Waals surface area (Å²) in [6.07, 6.45) is 2.00. The highest BCUT2D eigenvalue weighted by atomic mass is 19.1. The number of nitrogens with one attached hydrogen (secondary N) is 4. The smallest absolute Gasteiger partial charge is 0.315 e. The summed E-state index contributed by atoms with van der Waals surface area (Å²) in [6.45, 7) is 12.2. The second-order valence-electron chi connectivity index (χ2n) is 11.1. The second kappa shape index (κ2) is 12.0. The van der Waals surface area contributed by atoms with Crippen molar-refractivity contribution in [2.24, 2.45) is 11.3 Å². The Balaban J connectivity index is 2.23. The number of rotatable bonds is 12. The minimum Gasteiger partial charge on any atom is -0.481 e. The minimum absolute atomic E-state index is 0.0865. The van der Waals surface area contributed by atoms with Crippen molar-refractivity contribution in [2.75, 3.05) is 11.9 Å². The van der Waals surface area contributed by atoms with E-state index in [4.69, 9.17) is 10.5 Å². The lowest BCUT2D eigenvalue weighted by Gasteiger charge is -2.37. The van der Waals surface area contributed by atoms with Crippen molar-refractivity contribution in [3.8, 4) is 0 Å². The molecule has 2 rings (SSSR count). The highest BCUT2D eigenvalue weighted by Gasteiger charge is 2.33. The van der Waals surface area contributed by atoms with Gasteiger partial charge in [-0.15, -0.1) is 0 Å². The quantitative estimate of drug-likeness (QED) is 0.222. The molecule has 0 aromatic heterocycles. The molecular formula is C28H39FN4O3. The third-order valence-corrected chi connectivity index (χ3v) is 6.16. The molecule has 0 bridgehead atoms. The standard InChI is InChI=1S/C28H39FN4O3/c1-18(2)13-23(27(3,4)17-31-26(36)33-28(5,6)15-25(34)35)19-7-12-24(20(14-19)16-30)32-22-10-8-21(29)9-11-22/h7-12,14,16,18,23,30,32H,13,15,17H2,1-6H3,(H,34,35)(H2,31,33,36). The minimum atomic E-state index is -0.975. The maximum absolute atomic E-state index is 13.3. The maximum Gasteiger partial charge on any atom is 0.315 e. The van der Waals surface area contributed by atoms with Crippen molar-refractivity contribution in [2.45, 2.75) is 65.8 Å². The summed E-state index contributed by atoms with van der Waals surface area (Å²) in [7, 11) is 0. The van der Waals surface area contributed by atoms with Gasteiger partial charge in [-0.05, 0) is 79.5 Å². The number of anilines is 2. The van der Waals surface area contributed by atoms with Crippen LogP contribution in [0, 0.1) is 22.6 Å². The topological polar surface area (TPSA) is 114 Å². The number of aliphatic carboxylic acids is 1. The number of carboxylic acids is 1. The molecule has 1 unspecified atom stereocenters. The maximum atomic E-state index is 13.3. The zero-order valence-electron chi connectivity index (χ0n) is 22.0. The van der Waals surface area contributed by atoms with Gasteiger partial charge < -0.3 is 26.5 Å². The molecule has 8 heteroatoms. The van der Waals surface area contributed by atoms with E-state index >= 15 is 0 Å². The molecule has 196 valence electrons. The van der Waals surface area contributed by atoms with Crippen molar-refractivity contribution < 1.29 is 19.1 Å². The number of hydrogen-bond donors (Lipinski definition) is 5. The first kappa shape index (κ1) is 28.8. The number of hydrogen-bond acceptors (Lipinski definition) is 4. The van der Waals surface area contributed by atoms with Gasteiger partial charge in [0.15, 0.2) is 0 Å². The SMILES string of the molecule is CC(C)CC(c1ccc(Nc2ccc(F)cc2)c(C=N)c1)C(C)(C)CNC(=O)NC(C)(C)CC(=O)O. The number of carboxylic acid groups (broad SMARTS) is 1. The zero-order chi connectivity index (χ0) is 27.1. The van der Waals surface area contributed by atoms with Gasteiger partial charge in [0.2, 0.25) is 0 Å². The van der Waals surface area contributed by atoms with Gasteiger partial charge in [0.1, 0.15) is 5.82 Å². The molecule has 0 aliphatic carbocycles. The summed E-state index contributed by atoms with van der Waals surface area (Å²) in [5, 5.41) is 25.9. The number of benzene rings is 2. The molecule has 5 N–H and O–H groups in total. The van der Waals surface area contributed by atoms with Crippen LogP contribution in [0.2, 0.25) is 0 Å². The molecule has 0 fully saturated rings. The first-order valence-corrected chi connectivity index (χ1v) is 12.2. The normalized spacial score (nSPS) is 12.7. The highest BCUT2D eigenvalue weighted by Crippen LogP contribution is 2.41. The molecule has 36 heavy (non-hydrogen) atoms. The summed E-state index contributed by atoms with van der Waals surface area (Å²) < 4.78 is 13.3. The van der Waals surface area contributed by atoms with E-state index in [1.165, 1.54) is 18.3 Å². The fourth-order valence-corrected chi connectivity index (χ4v) is 4.30. The van der Waals surface area contributed by atoms with Crippen molar-refractivity contribution in [1.82, 2.24) is 10.6 Å². The molecule has 0 saturated carbocycles. The summed E-state index contributed by atoms with van der Waals surface area (Å²) in [5.41, 5.74) is 2.05. The molecule has 0 saturated heterocycles. The van der Waals surface area contributed by atoms with E-state index in [1.807, 2.05) is 18.2 Å². The van der Waals surface area contributed by atoms with Gasteiger partial charge in [0, 0.05) is 35.2 Å². The molecule has 0 aliphatic heterocycles. The number of halogens is 1. The van der Waals surface area contributed by atoms with E-state index in [2.05, 4.69) is 43.6 Å². The Bertz CT molecular complexity index is 1060. The highest BCUT2D eigenvalue weighted by molar-refractivity contribution is 5.87. The lowest BCUT2D eigenvalue weighted by atomic mass is 9.71. The second-order valence-corrected chi connectivity index (χ2v) is 11.1. The van der Waals surface area contributed by atoms with Crippen LogP contribution < -0.4 is 16.0 Å². The van der Waals surface area contributed by atoms with E-state index in [9.17, 15) is 14.0 Å². The molecule has 2 amide bonds. The van der Waals surface area contributed by atoms with Crippen LogP contribution in [0.4, 0.5) is 20.6 Å². The number of amides is 2. The Morgan fingerprint density at radius 3 is 2.28 bits per heavy atom. The Morgan fingerprint density at radius 1 is 1.08 bits per heavy atom. The Labute approximate surface area is 213 Å². The van der Waals surface area contributed by atoms with Gasteiger partial charge in [-0.25, -0.2) is 9.18 Å². The fraction of sp³-hybridized carbons (Fsp3) is 0.464. The molecule has 0 aliphatic rings. The molecular weight excluding hydrogens is 459 g/mol. The van der Waals surface area contributed by atoms with Crippen LogP contribution in [0.3, 0.4) is 0 Å². The molecule has 0 heterocycles. The predicted molar refractivity (Wildman–Crippen MR) is 143 cm³/mol. The summed E-state index contributed by atoms with van der Waals surface area (Å²) in [4.78, 5) is 23.6. The molecule has 2 aromatic rings. The van der Waals surface area contributed by atoms with Crippen LogP contribution in [0.1, 0.15) is 71.4 Å². The van der Waals surface area contributed by atoms with E-state index in [0.29, 0.717) is 18.0 Å². The zero-order valence-corrected chi connectivity index (χ0v) is 22.0. The van der Waals surface area contributed by atoms with Crippen LogP contribution in [0.5, 0.6) is 0 Å². The number of carbonyl (C=O) groups excluding carboxylic acids is 1. The van der Waals surface area contributed by atoms with Gasteiger partial charge >= 0.3 is 12.0 Å². The van der Waals surface area contributed by atoms with Gasteiger partial charge in [0.25, 0.3) is 0 Å². The summed E-state index contributed by atoms with van der Waals surface area (Å²) in [5.74, 6) is -0.798. The Morgan fingerprint density at radius 2 is 1.72 bits per heavy atom. The summed E-state index contributed by atoms with van der Waals surface area (Å²) in [6, 6.07) is 11.6. The lowest BCUT2D eigenvalue weighted by Crippen LogP contribution is -2.51. The van der Waals surface area contributed by atoms with Crippen molar-refractivity contribution in [1.29, 1.82) is 5.41 Å². The molecule has 1 atom stereocenters. The largest absolute Gasteiger partial charge is 0.481 e. The van der Waals surface area contributed by atoms with Gasteiger partial charge in [-0.2, -0.15) is 0 Å². The first-order chi connectivity index (χ1) is 16.7. The third-order valence-electron chi connectivity index (χ3n) is 6.16. The van der Waals surface area contributed by atoms with Crippen LogP contribution in [-0.4, -0.2) is 35.4 Å². The van der Waals surface area contributed by atoms with Gasteiger partial charge in [-0.3, -0.25) is 4.79 Å². The van der Waals surface area contributed by atoms with Crippen molar-refractivity contribution >= 4 is 29.6 Å². The summed E-state index contributed by atoms with van der Waals surface area (Å²) >= 11 is 0. The number of urea groups is 1. The Hall–Kier alpha value is -3.42. The van der Waals surface area contributed by atoms with Crippen LogP contribution >= 0.6 is 0 Å².